The molecule has 100 valence electrons. The van der Waals surface area contributed by atoms with Crippen LogP contribution in [0.25, 0.3) is 0 Å². The Morgan fingerprint density at radius 3 is 3.11 bits per heavy atom. The molecule has 0 radical (unpaired) electrons. The van der Waals surface area contributed by atoms with E-state index in [2.05, 4.69) is 29.6 Å². The largest absolute Gasteiger partial charge is 0.396 e. The van der Waals surface area contributed by atoms with E-state index in [0.29, 0.717) is 12.5 Å². The molecular weight excluding hydrogens is 262 g/mol. The molecule has 0 spiro atoms. The van der Waals surface area contributed by atoms with Crippen molar-refractivity contribution in [3.63, 3.8) is 0 Å². The summed E-state index contributed by atoms with van der Waals surface area (Å²) in [5.74, 6) is 4.10. The lowest BCUT2D eigenvalue weighted by Crippen LogP contribution is -2.24. The van der Waals surface area contributed by atoms with Crippen molar-refractivity contribution in [3.8, 4) is 0 Å². The lowest BCUT2D eigenvalue weighted by Gasteiger charge is -2.11. The summed E-state index contributed by atoms with van der Waals surface area (Å²) in [6, 6.07) is 8.75. The molecular formula is C14H21NOS2. The average Bonchev–Trinajstić information content (AvgIpc) is 2.81. The molecule has 0 aliphatic carbocycles. The van der Waals surface area contributed by atoms with E-state index >= 15 is 0 Å². The third kappa shape index (κ3) is 4.19. The fourth-order valence-electron chi connectivity index (χ4n) is 2.09. The lowest BCUT2D eigenvalue weighted by molar-refractivity contribution is 0.296. The number of hydrogen-bond donors (Lipinski definition) is 2. The predicted octanol–water partition coefficient (Wildman–Crippen LogP) is 2.58. The zero-order valence-electron chi connectivity index (χ0n) is 10.6. The predicted molar refractivity (Wildman–Crippen MR) is 81.8 cm³/mol. The van der Waals surface area contributed by atoms with Crippen LogP contribution in [0.2, 0.25) is 0 Å². The summed E-state index contributed by atoms with van der Waals surface area (Å²) in [4.78, 5) is 1.46. The number of aliphatic hydroxyl groups is 1. The molecule has 0 saturated carbocycles. The minimum Gasteiger partial charge on any atom is -0.396 e. The summed E-state index contributed by atoms with van der Waals surface area (Å²) in [6.45, 7) is 2.47. The van der Waals surface area contributed by atoms with E-state index in [1.165, 1.54) is 16.2 Å². The maximum Gasteiger partial charge on any atom is 0.0438 e. The topological polar surface area (TPSA) is 32.3 Å². The van der Waals surface area contributed by atoms with Gasteiger partial charge in [-0.25, -0.2) is 0 Å². The van der Waals surface area contributed by atoms with Crippen LogP contribution in [0.3, 0.4) is 0 Å². The van der Waals surface area contributed by atoms with E-state index in [9.17, 15) is 0 Å². The lowest BCUT2D eigenvalue weighted by atomic mass is 10.0. The molecule has 1 aliphatic rings. The molecule has 0 aromatic heterocycles. The molecule has 1 aliphatic heterocycles. The quantitative estimate of drug-likeness (QED) is 0.718. The third-order valence-corrected chi connectivity index (χ3v) is 5.38. The monoisotopic (exact) mass is 283 g/mol. The fraction of sp³-hybridized carbons (Fsp3) is 0.571. The van der Waals surface area contributed by atoms with Crippen LogP contribution >= 0.6 is 23.5 Å². The van der Waals surface area contributed by atoms with Gasteiger partial charge in [-0.05, 0) is 23.8 Å². The molecule has 1 aromatic rings. The summed E-state index contributed by atoms with van der Waals surface area (Å²) in [5, 5.41) is 12.2. The van der Waals surface area contributed by atoms with Crippen LogP contribution in [0.1, 0.15) is 17.9 Å². The van der Waals surface area contributed by atoms with Crippen molar-refractivity contribution in [2.45, 2.75) is 17.2 Å². The highest BCUT2D eigenvalue weighted by Gasteiger charge is 2.21. The minimum atomic E-state index is 0.316. The second-order valence-electron chi connectivity index (χ2n) is 4.44. The van der Waals surface area contributed by atoms with E-state index in [-0.39, 0.29) is 0 Å². The van der Waals surface area contributed by atoms with Gasteiger partial charge in [-0.2, -0.15) is 11.8 Å². The summed E-state index contributed by atoms with van der Waals surface area (Å²) in [7, 11) is 0. The van der Waals surface area contributed by atoms with Gasteiger partial charge in [0, 0.05) is 42.0 Å². The molecule has 2 rings (SSSR count). The zero-order chi connectivity index (χ0) is 12.6. The highest BCUT2D eigenvalue weighted by Crippen LogP contribution is 2.38. The van der Waals surface area contributed by atoms with E-state index in [4.69, 9.17) is 5.11 Å². The standard InChI is InChI=1S/C14H21NOS2/c16-7-3-8-17-9-6-15-10-12-11-18-14-5-2-1-4-13(12)14/h1-2,4-5,12,15-16H,3,6-11H2. The Morgan fingerprint density at radius 1 is 1.33 bits per heavy atom. The minimum absolute atomic E-state index is 0.316. The van der Waals surface area contributed by atoms with Crippen LogP contribution in [-0.4, -0.2) is 42.1 Å². The van der Waals surface area contributed by atoms with Gasteiger partial charge in [0.25, 0.3) is 0 Å². The first-order chi connectivity index (χ1) is 8.92. The maximum absolute atomic E-state index is 8.67. The Labute approximate surface area is 118 Å². The first kappa shape index (κ1) is 14.3. The number of fused-ring (bicyclic) bond motifs is 1. The summed E-state index contributed by atoms with van der Waals surface area (Å²) < 4.78 is 0. The third-order valence-electron chi connectivity index (χ3n) is 3.06. The zero-order valence-corrected chi connectivity index (χ0v) is 12.2. The Hall–Kier alpha value is -0.160. The molecule has 1 heterocycles. The molecule has 4 heteroatoms. The van der Waals surface area contributed by atoms with Crippen molar-refractivity contribution in [3.05, 3.63) is 29.8 Å². The van der Waals surface area contributed by atoms with E-state index in [1.807, 2.05) is 23.5 Å². The van der Waals surface area contributed by atoms with Crippen molar-refractivity contribution in [1.82, 2.24) is 5.32 Å². The van der Waals surface area contributed by atoms with Crippen molar-refractivity contribution in [2.24, 2.45) is 0 Å². The van der Waals surface area contributed by atoms with Crippen molar-refractivity contribution >= 4 is 23.5 Å². The average molecular weight is 283 g/mol. The van der Waals surface area contributed by atoms with Gasteiger partial charge in [0.05, 0.1) is 0 Å². The van der Waals surface area contributed by atoms with Crippen molar-refractivity contribution in [2.75, 3.05) is 37.0 Å². The van der Waals surface area contributed by atoms with Gasteiger partial charge in [-0.3, -0.25) is 0 Å². The Balaban J connectivity index is 1.61. The highest BCUT2D eigenvalue weighted by atomic mass is 32.2. The molecule has 1 unspecified atom stereocenters. The second-order valence-corrected chi connectivity index (χ2v) is 6.73. The number of rotatable bonds is 8. The maximum atomic E-state index is 8.67. The Morgan fingerprint density at radius 2 is 2.22 bits per heavy atom. The first-order valence-corrected chi connectivity index (χ1v) is 8.67. The van der Waals surface area contributed by atoms with Gasteiger partial charge in [-0.1, -0.05) is 18.2 Å². The van der Waals surface area contributed by atoms with Crippen LogP contribution < -0.4 is 5.32 Å². The van der Waals surface area contributed by atoms with Crippen LogP contribution in [-0.2, 0) is 0 Å². The van der Waals surface area contributed by atoms with E-state index in [1.54, 1.807) is 0 Å². The number of hydrogen-bond acceptors (Lipinski definition) is 4. The first-order valence-electron chi connectivity index (χ1n) is 6.53. The second kappa shape index (κ2) is 8.10. The molecule has 1 aromatic carbocycles. The van der Waals surface area contributed by atoms with Gasteiger partial charge in [0.1, 0.15) is 0 Å². The molecule has 0 bridgehead atoms. The summed E-state index contributed by atoms with van der Waals surface area (Å²) in [5.41, 5.74) is 1.52. The number of aliphatic hydroxyl groups excluding tert-OH is 1. The smallest absolute Gasteiger partial charge is 0.0438 e. The van der Waals surface area contributed by atoms with Gasteiger partial charge in [0.15, 0.2) is 0 Å². The molecule has 1 atom stereocenters. The number of benzene rings is 1. The van der Waals surface area contributed by atoms with Crippen LogP contribution in [0.5, 0.6) is 0 Å². The van der Waals surface area contributed by atoms with Gasteiger partial charge in [-0.15, -0.1) is 11.8 Å². The van der Waals surface area contributed by atoms with Crippen LogP contribution in [0, 0.1) is 0 Å². The molecule has 18 heavy (non-hydrogen) atoms. The molecule has 0 fully saturated rings. The van der Waals surface area contributed by atoms with Gasteiger partial charge < -0.3 is 10.4 Å². The summed E-state index contributed by atoms with van der Waals surface area (Å²) in [6.07, 6.45) is 0.914. The van der Waals surface area contributed by atoms with E-state index < -0.39 is 0 Å². The number of nitrogens with one attached hydrogen (secondary N) is 1. The molecule has 2 nitrogen and oxygen atoms in total. The molecule has 2 N–H and O–H groups in total. The molecule has 0 amide bonds. The Bertz CT molecular complexity index is 359. The van der Waals surface area contributed by atoms with Gasteiger partial charge in [0.2, 0.25) is 0 Å². The Kier molecular flexibility index (Phi) is 6.41. The van der Waals surface area contributed by atoms with Crippen LogP contribution in [0.15, 0.2) is 29.2 Å². The van der Waals surface area contributed by atoms with Crippen molar-refractivity contribution in [1.29, 1.82) is 0 Å². The number of thioether (sulfide) groups is 2. The SMILES string of the molecule is OCCCSCCNCC1CSc2ccccc21. The van der Waals surface area contributed by atoms with Crippen molar-refractivity contribution < 1.29 is 5.11 Å². The molecule has 0 saturated heterocycles. The summed E-state index contributed by atoms with van der Waals surface area (Å²) >= 11 is 3.90. The highest BCUT2D eigenvalue weighted by molar-refractivity contribution is 7.99. The normalized spacial score (nSPS) is 17.9. The fourth-order valence-corrected chi connectivity index (χ4v) is 4.17. The van der Waals surface area contributed by atoms with E-state index in [0.717, 1.165) is 31.0 Å². The van der Waals surface area contributed by atoms with Gasteiger partial charge >= 0.3 is 0 Å². The van der Waals surface area contributed by atoms with Crippen LogP contribution in [0.4, 0.5) is 0 Å².